The lowest BCUT2D eigenvalue weighted by Crippen LogP contribution is -2.12. The van der Waals surface area contributed by atoms with Gasteiger partial charge in [0.05, 0.1) is 13.3 Å². The van der Waals surface area contributed by atoms with E-state index in [2.05, 4.69) is 4.98 Å². The molecule has 0 spiro atoms. The van der Waals surface area contributed by atoms with Crippen molar-refractivity contribution in [3.63, 3.8) is 0 Å². The van der Waals surface area contributed by atoms with Crippen molar-refractivity contribution in [2.24, 2.45) is 5.73 Å². The fourth-order valence-electron chi connectivity index (χ4n) is 1.29. The van der Waals surface area contributed by atoms with E-state index < -0.39 is 0 Å². The quantitative estimate of drug-likeness (QED) is 0.640. The summed E-state index contributed by atoms with van der Waals surface area (Å²) in [7, 11) is 1.59. The molecule has 1 aromatic carbocycles. The van der Waals surface area contributed by atoms with E-state index in [0.29, 0.717) is 16.5 Å². The minimum atomic E-state index is 0.00158. The molecule has 0 bridgehead atoms. The molecule has 17 heavy (non-hydrogen) atoms. The van der Waals surface area contributed by atoms with Crippen molar-refractivity contribution in [2.75, 3.05) is 7.11 Å². The van der Waals surface area contributed by atoms with Crippen LogP contribution in [0.4, 0.5) is 0 Å². The third kappa shape index (κ3) is 2.59. The molecule has 0 saturated carbocycles. The number of hydrogen-bond acceptors (Lipinski definition) is 5. The van der Waals surface area contributed by atoms with Crippen molar-refractivity contribution < 1.29 is 9.15 Å². The average Bonchev–Trinajstić information content (AvgIpc) is 2.81. The molecule has 1 heterocycles. The molecule has 0 radical (unpaired) electrons. The Hall–Kier alpha value is -1.95. The van der Waals surface area contributed by atoms with Gasteiger partial charge in [0.25, 0.3) is 5.22 Å². The molecule has 2 rings (SSSR count). The van der Waals surface area contributed by atoms with Crippen LogP contribution in [0.5, 0.6) is 5.75 Å². The van der Waals surface area contributed by atoms with Crippen LogP contribution in [0.15, 0.2) is 45.2 Å². The number of oxazole rings is 1. The maximum absolute atomic E-state index is 7.51. The fourth-order valence-corrected chi connectivity index (χ4v) is 2.16. The first-order valence-corrected chi connectivity index (χ1v) is 5.62. The fraction of sp³-hybridized carbons (Fsp3) is 0.0909. The van der Waals surface area contributed by atoms with E-state index in [-0.39, 0.29) is 5.84 Å². The molecule has 0 aliphatic heterocycles. The molecule has 0 aliphatic carbocycles. The van der Waals surface area contributed by atoms with Crippen LogP contribution in [0.3, 0.4) is 0 Å². The Kier molecular flexibility index (Phi) is 3.34. The molecule has 0 atom stereocenters. The summed E-state index contributed by atoms with van der Waals surface area (Å²) in [5.74, 6) is 0.700. The minimum absolute atomic E-state index is 0.00158. The molecule has 2 aromatic rings. The number of aromatic nitrogens is 1. The van der Waals surface area contributed by atoms with Crippen molar-refractivity contribution in [1.82, 2.24) is 4.98 Å². The Morgan fingerprint density at radius 2 is 2.35 bits per heavy atom. The zero-order chi connectivity index (χ0) is 12.3. The van der Waals surface area contributed by atoms with E-state index in [9.17, 15) is 0 Å². The molecule has 88 valence electrons. The van der Waals surface area contributed by atoms with Gasteiger partial charge in [-0.2, -0.15) is 0 Å². The van der Waals surface area contributed by atoms with Crippen LogP contribution >= 0.6 is 11.8 Å². The molecule has 3 N–H and O–H groups in total. The molecule has 6 heteroatoms. The summed E-state index contributed by atoms with van der Waals surface area (Å²) in [6.07, 6.45) is 3.06. The summed E-state index contributed by atoms with van der Waals surface area (Å²) >= 11 is 1.30. The lowest BCUT2D eigenvalue weighted by atomic mass is 10.2. The zero-order valence-electron chi connectivity index (χ0n) is 9.14. The number of nitrogen functional groups attached to an aromatic ring is 1. The van der Waals surface area contributed by atoms with Crippen LogP contribution in [0.2, 0.25) is 0 Å². The Labute approximate surface area is 102 Å². The summed E-state index contributed by atoms with van der Waals surface area (Å²) in [5, 5.41) is 8.01. The smallest absolute Gasteiger partial charge is 0.260 e. The second-order valence-corrected chi connectivity index (χ2v) is 4.17. The second-order valence-electron chi connectivity index (χ2n) is 3.18. The normalized spacial score (nSPS) is 10.2. The minimum Gasteiger partial charge on any atom is -0.497 e. The summed E-state index contributed by atoms with van der Waals surface area (Å²) in [4.78, 5) is 4.79. The molecular formula is C11H11N3O2S. The first-order chi connectivity index (χ1) is 8.20. The van der Waals surface area contributed by atoms with Crippen LogP contribution < -0.4 is 10.5 Å². The van der Waals surface area contributed by atoms with Crippen LogP contribution in [0, 0.1) is 5.41 Å². The van der Waals surface area contributed by atoms with Gasteiger partial charge >= 0.3 is 0 Å². The van der Waals surface area contributed by atoms with Crippen molar-refractivity contribution in [1.29, 1.82) is 5.41 Å². The van der Waals surface area contributed by atoms with Gasteiger partial charge in [0.1, 0.15) is 17.8 Å². The number of nitrogens with zero attached hydrogens (tertiary/aromatic N) is 1. The first kappa shape index (κ1) is 11.5. The van der Waals surface area contributed by atoms with Crippen LogP contribution in [0.25, 0.3) is 0 Å². The summed E-state index contributed by atoms with van der Waals surface area (Å²) in [6, 6.07) is 5.30. The van der Waals surface area contributed by atoms with Gasteiger partial charge in [-0.05, 0) is 30.0 Å². The molecule has 0 aliphatic rings. The average molecular weight is 249 g/mol. The Balaban J connectivity index is 2.38. The summed E-state index contributed by atoms with van der Waals surface area (Å²) < 4.78 is 10.3. The van der Waals surface area contributed by atoms with Crippen LogP contribution in [-0.2, 0) is 0 Å². The Morgan fingerprint density at radius 1 is 1.53 bits per heavy atom. The number of hydrogen-bond donors (Lipinski definition) is 2. The lowest BCUT2D eigenvalue weighted by molar-refractivity contribution is 0.413. The van der Waals surface area contributed by atoms with E-state index in [1.165, 1.54) is 18.0 Å². The molecular weight excluding hydrogens is 238 g/mol. The van der Waals surface area contributed by atoms with Gasteiger partial charge in [-0.15, -0.1) is 0 Å². The number of amidine groups is 1. The standard InChI is InChI=1S/C11H11N3O2S/c1-15-7-2-3-8(10(12)13)9(6-7)17-11-14-4-5-16-11/h2-6H,1H3,(H3,12,13). The van der Waals surface area contributed by atoms with Gasteiger partial charge in [-0.25, -0.2) is 4.98 Å². The molecule has 0 unspecified atom stereocenters. The highest BCUT2D eigenvalue weighted by Crippen LogP contribution is 2.31. The van der Waals surface area contributed by atoms with Crippen LogP contribution in [0.1, 0.15) is 5.56 Å². The second kappa shape index (κ2) is 4.92. The number of rotatable bonds is 4. The number of methoxy groups -OCH3 is 1. The predicted octanol–water partition coefficient (Wildman–Crippen LogP) is 2.12. The number of ether oxygens (including phenoxy) is 1. The number of benzene rings is 1. The molecule has 5 nitrogen and oxygen atoms in total. The van der Waals surface area contributed by atoms with E-state index in [4.69, 9.17) is 20.3 Å². The third-order valence-corrected chi connectivity index (χ3v) is 3.02. The summed E-state index contributed by atoms with van der Waals surface area (Å²) in [6.45, 7) is 0. The highest BCUT2D eigenvalue weighted by Gasteiger charge is 2.11. The van der Waals surface area contributed by atoms with E-state index in [1.54, 1.807) is 31.5 Å². The first-order valence-electron chi connectivity index (χ1n) is 4.80. The largest absolute Gasteiger partial charge is 0.497 e. The lowest BCUT2D eigenvalue weighted by Gasteiger charge is -2.08. The van der Waals surface area contributed by atoms with Gasteiger partial charge in [0, 0.05) is 10.5 Å². The van der Waals surface area contributed by atoms with Gasteiger partial charge < -0.3 is 14.9 Å². The topological polar surface area (TPSA) is 85.1 Å². The Bertz CT molecular complexity index is 526. The number of nitrogens with one attached hydrogen (secondary N) is 1. The summed E-state index contributed by atoms with van der Waals surface area (Å²) in [5.41, 5.74) is 6.15. The van der Waals surface area contributed by atoms with Gasteiger partial charge in [-0.1, -0.05) is 0 Å². The molecule has 0 amide bonds. The van der Waals surface area contributed by atoms with Crippen molar-refractivity contribution in [3.8, 4) is 5.75 Å². The van der Waals surface area contributed by atoms with Crippen molar-refractivity contribution in [3.05, 3.63) is 36.2 Å². The molecule has 0 fully saturated rings. The molecule has 1 aromatic heterocycles. The van der Waals surface area contributed by atoms with Gasteiger partial charge in [-0.3, -0.25) is 5.41 Å². The number of nitrogens with two attached hydrogens (primary N) is 1. The van der Waals surface area contributed by atoms with E-state index in [1.807, 2.05) is 0 Å². The third-order valence-electron chi connectivity index (χ3n) is 2.09. The van der Waals surface area contributed by atoms with Gasteiger partial charge in [0.15, 0.2) is 0 Å². The monoisotopic (exact) mass is 249 g/mol. The van der Waals surface area contributed by atoms with Crippen molar-refractivity contribution >= 4 is 17.6 Å². The SMILES string of the molecule is COc1ccc(C(=N)N)c(Sc2ncco2)c1. The Morgan fingerprint density at radius 3 is 2.94 bits per heavy atom. The zero-order valence-corrected chi connectivity index (χ0v) is 9.95. The predicted molar refractivity (Wildman–Crippen MR) is 64.6 cm³/mol. The maximum atomic E-state index is 7.51. The van der Waals surface area contributed by atoms with E-state index >= 15 is 0 Å². The van der Waals surface area contributed by atoms with Crippen molar-refractivity contribution in [2.45, 2.75) is 10.1 Å². The highest BCUT2D eigenvalue weighted by molar-refractivity contribution is 7.99. The molecule has 0 saturated heterocycles. The van der Waals surface area contributed by atoms with E-state index in [0.717, 1.165) is 4.90 Å². The van der Waals surface area contributed by atoms with Gasteiger partial charge in [0.2, 0.25) is 0 Å². The van der Waals surface area contributed by atoms with Crippen LogP contribution in [-0.4, -0.2) is 17.9 Å². The highest BCUT2D eigenvalue weighted by atomic mass is 32.2. The maximum Gasteiger partial charge on any atom is 0.260 e.